The fourth-order valence-electron chi connectivity index (χ4n) is 2.09. The lowest BCUT2D eigenvalue weighted by Crippen LogP contribution is -2.30. The monoisotopic (exact) mass is 292 g/mol. The van der Waals surface area contributed by atoms with Gasteiger partial charge in [0.25, 0.3) is 0 Å². The van der Waals surface area contributed by atoms with E-state index in [1.165, 1.54) is 0 Å². The Balaban J connectivity index is 0.00000106. The van der Waals surface area contributed by atoms with Crippen LogP contribution in [0.15, 0.2) is 10.7 Å². The van der Waals surface area contributed by atoms with Gasteiger partial charge < -0.3 is 19.8 Å². The van der Waals surface area contributed by atoms with Crippen molar-refractivity contribution in [3.05, 3.63) is 16.9 Å². The highest BCUT2D eigenvalue weighted by Gasteiger charge is 2.12. The maximum atomic E-state index is 11.2. The molecule has 1 unspecified atom stereocenters. The zero-order chi connectivity index (χ0) is 15.7. The molecule has 0 saturated heterocycles. The summed E-state index contributed by atoms with van der Waals surface area (Å²) in [6.45, 7) is 4.00. The molecule has 2 rings (SSSR count). The number of hydrogen-bond acceptors (Lipinski definition) is 4. The van der Waals surface area contributed by atoms with Gasteiger partial charge in [0, 0.05) is 18.7 Å². The summed E-state index contributed by atoms with van der Waals surface area (Å²) in [6.07, 6.45) is 9.34. The van der Waals surface area contributed by atoms with Gasteiger partial charge in [-0.2, -0.15) is 0 Å². The van der Waals surface area contributed by atoms with Gasteiger partial charge in [-0.1, -0.05) is 19.9 Å². The van der Waals surface area contributed by atoms with E-state index in [0.29, 0.717) is 12.8 Å². The standard InChI is InChI=1S/C14H18N2O3.C2H6/c1-15-14(18)7-6-10(8-17)16-12-9-19-13-5-3-2-4-11(12)13;1-2/h4-5,8-10,16H,2-3,6-7H2,1H3,(H,15,18);1-2H3. The summed E-state index contributed by atoms with van der Waals surface area (Å²) in [5.41, 5.74) is 1.67. The molecule has 1 aromatic heterocycles. The molecule has 1 aliphatic rings. The van der Waals surface area contributed by atoms with Gasteiger partial charge in [0.15, 0.2) is 0 Å². The third-order valence-electron chi connectivity index (χ3n) is 3.17. The average molecular weight is 292 g/mol. The number of carbonyl (C=O) groups excluding carboxylic acids is 2. The second-order valence-electron chi connectivity index (χ2n) is 4.51. The molecular weight excluding hydrogens is 268 g/mol. The van der Waals surface area contributed by atoms with Crippen LogP contribution in [0.4, 0.5) is 5.69 Å². The fraction of sp³-hybridized carbons (Fsp3) is 0.500. The number of rotatable bonds is 6. The van der Waals surface area contributed by atoms with Crippen LogP contribution >= 0.6 is 0 Å². The second-order valence-corrected chi connectivity index (χ2v) is 4.51. The van der Waals surface area contributed by atoms with E-state index < -0.39 is 0 Å². The van der Waals surface area contributed by atoms with Crippen LogP contribution in [0, 0.1) is 0 Å². The Hall–Kier alpha value is -2.04. The van der Waals surface area contributed by atoms with Gasteiger partial charge in [-0.3, -0.25) is 4.79 Å². The molecule has 5 nitrogen and oxygen atoms in total. The van der Waals surface area contributed by atoms with Crippen molar-refractivity contribution >= 4 is 30.0 Å². The minimum absolute atomic E-state index is 0.0669. The van der Waals surface area contributed by atoms with Crippen molar-refractivity contribution in [2.75, 3.05) is 12.4 Å². The smallest absolute Gasteiger partial charge is 0.219 e. The number of nitrogens with one attached hydrogen (secondary N) is 2. The maximum absolute atomic E-state index is 11.2. The highest BCUT2D eigenvalue weighted by molar-refractivity contribution is 5.76. The maximum Gasteiger partial charge on any atom is 0.219 e. The Bertz CT molecular complexity index is 575. The molecule has 0 bridgehead atoms. The van der Waals surface area contributed by atoms with E-state index in [0.717, 1.165) is 35.4 Å². The summed E-state index contributed by atoms with van der Waals surface area (Å²) in [5, 5.41) is 6.68. The first-order valence-corrected chi connectivity index (χ1v) is 7.45. The van der Waals surface area contributed by atoms with Gasteiger partial charge in [-0.25, -0.2) is 0 Å². The quantitative estimate of drug-likeness (QED) is 0.772. The van der Waals surface area contributed by atoms with E-state index >= 15 is 0 Å². The van der Waals surface area contributed by atoms with Crippen molar-refractivity contribution in [2.24, 2.45) is 0 Å². The summed E-state index contributed by atoms with van der Waals surface area (Å²) in [5.74, 6) is -0.0669. The number of amides is 1. The van der Waals surface area contributed by atoms with E-state index in [-0.39, 0.29) is 11.9 Å². The number of carbonyl (C=O) groups is 2. The van der Waals surface area contributed by atoms with Crippen LogP contribution in [0.1, 0.15) is 39.5 Å². The average Bonchev–Trinajstić information content (AvgIpc) is 2.96. The highest BCUT2D eigenvalue weighted by atomic mass is 16.3. The lowest BCUT2D eigenvalue weighted by atomic mass is 10.1. The first-order valence-electron chi connectivity index (χ1n) is 7.45. The minimum atomic E-state index is -0.380. The van der Waals surface area contributed by atoms with E-state index in [1.54, 1.807) is 13.3 Å². The van der Waals surface area contributed by atoms with Crippen molar-refractivity contribution in [1.82, 2.24) is 5.32 Å². The van der Waals surface area contributed by atoms with Gasteiger partial charge in [-0.15, -0.1) is 0 Å². The van der Waals surface area contributed by atoms with Gasteiger partial charge >= 0.3 is 0 Å². The zero-order valence-electron chi connectivity index (χ0n) is 12.9. The molecule has 0 saturated carbocycles. The van der Waals surface area contributed by atoms with Crippen LogP contribution < -0.4 is 21.3 Å². The third kappa shape index (κ3) is 4.77. The molecule has 0 spiro atoms. The predicted molar refractivity (Wildman–Crippen MR) is 84.2 cm³/mol. The normalized spacial score (nSPS) is 13.5. The molecule has 0 aromatic carbocycles. The zero-order valence-corrected chi connectivity index (χ0v) is 12.9. The van der Waals surface area contributed by atoms with Crippen LogP contribution in [0.2, 0.25) is 0 Å². The number of hydrogen-bond donors (Lipinski definition) is 2. The first-order chi connectivity index (χ1) is 10.2. The Morgan fingerprint density at radius 2 is 2.10 bits per heavy atom. The molecule has 1 aliphatic carbocycles. The molecule has 1 aromatic rings. The predicted octanol–water partition coefficient (Wildman–Crippen LogP) is 1.17. The van der Waals surface area contributed by atoms with Crippen molar-refractivity contribution in [2.45, 2.75) is 45.6 Å². The van der Waals surface area contributed by atoms with E-state index in [2.05, 4.69) is 16.7 Å². The first kappa shape index (κ1) is 17.0. The molecule has 2 N–H and O–H groups in total. The highest BCUT2D eigenvalue weighted by Crippen LogP contribution is 2.06. The molecule has 0 fully saturated rings. The summed E-state index contributed by atoms with van der Waals surface area (Å²) in [6, 6.07) is -0.380. The van der Waals surface area contributed by atoms with E-state index in [9.17, 15) is 9.59 Å². The summed E-state index contributed by atoms with van der Waals surface area (Å²) in [4.78, 5) is 22.2. The fourth-order valence-corrected chi connectivity index (χ4v) is 2.09. The molecule has 1 heterocycles. The number of furan rings is 1. The second kappa shape index (κ2) is 9.00. The van der Waals surface area contributed by atoms with Crippen molar-refractivity contribution in [3.8, 4) is 0 Å². The number of fused-ring (bicyclic) bond motifs is 1. The summed E-state index contributed by atoms with van der Waals surface area (Å²) >= 11 is 0. The topological polar surface area (TPSA) is 71.3 Å². The van der Waals surface area contributed by atoms with Crippen molar-refractivity contribution in [1.29, 1.82) is 0 Å². The summed E-state index contributed by atoms with van der Waals surface area (Å²) < 4.78 is 5.43. The van der Waals surface area contributed by atoms with Crippen LogP contribution in [0.5, 0.6) is 0 Å². The Labute approximate surface area is 125 Å². The molecule has 0 radical (unpaired) electrons. The molecular formula is C16H24N2O3. The van der Waals surface area contributed by atoms with E-state index in [4.69, 9.17) is 4.42 Å². The van der Waals surface area contributed by atoms with E-state index in [1.807, 2.05) is 19.9 Å². The lowest BCUT2D eigenvalue weighted by molar-refractivity contribution is -0.120. The molecule has 116 valence electrons. The van der Waals surface area contributed by atoms with Gasteiger partial charge in [0.1, 0.15) is 18.0 Å². The van der Waals surface area contributed by atoms with Crippen molar-refractivity contribution < 1.29 is 14.0 Å². The van der Waals surface area contributed by atoms with Crippen LogP contribution in [0.25, 0.3) is 12.2 Å². The van der Waals surface area contributed by atoms with Crippen LogP contribution in [-0.2, 0) is 9.59 Å². The van der Waals surface area contributed by atoms with Crippen molar-refractivity contribution in [3.63, 3.8) is 0 Å². The minimum Gasteiger partial charge on any atom is -0.462 e. The van der Waals surface area contributed by atoms with Crippen LogP contribution in [-0.4, -0.2) is 25.3 Å². The Morgan fingerprint density at radius 1 is 1.38 bits per heavy atom. The SMILES string of the molecule is CC.CNC(=O)CCC(C=O)Nc1coc2c1=CCCC=2. The Morgan fingerprint density at radius 3 is 2.76 bits per heavy atom. The largest absolute Gasteiger partial charge is 0.462 e. The Kier molecular flexibility index (Phi) is 7.29. The molecule has 5 heteroatoms. The molecule has 1 atom stereocenters. The van der Waals surface area contributed by atoms with Gasteiger partial charge in [0.2, 0.25) is 5.91 Å². The van der Waals surface area contributed by atoms with Gasteiger partial charge in [0.05, 0.1) is 11.7 Å². The van der Waals surface area contributed by atoms with Crippen LogP contribution in [0.3, 0.4) is 0 Å². The lowest BCUT2D eigenvalue weighted by Gasteiger charge is -2.12. The number of anilines is 1. The third-order valence-corrected chi connectivity index (χ3v) is 3.17. The molecule has 21 heavy (non-hydrogen) atoms. The summed E-state index contributed by atoms with van der Waals surface area (Å²) in [7, 11) is 1.59. The molecule has 0 aliphatic heterocycles. The number of aldehydes is 1. The molecule has 1 amide bonds. The van der Waals surface area contributed by atoms with Gasteiger partial charge in [-0.05, 0) is 25.3 Å².